The highest BCUT2D eigenvalue weighted by Gasteiger charge is 2.31. The van der Waals surface area contributed by atoms with Gasteiger partial charge in [-0.2, -0.15) is 0 Å². The van der Waals surface area contributed by atoms with Crippen LogP contribution in [0.2, 0.25) is 0 Å². The molecule has 0 saturated heterocycles. The maximum absolute atomic E-state index is 6.20. The van der Waals surface area contributed by atoms with Crippen LogP contribution in [0.1, 0.15) is 34.0 Å². The van der Waals surface area contributed by atoms with Gasteiger partial charge in [-0.1, -0.05) is 35.4 Å². The summed E-state index contributed by atoms with van der Waals surface area (Å²) in [5, 5.41) is 0. The third kappa shape index (κ3) is 4.74. The van der Waals surface area contributed by atoms with Crippen LogP contribution in [0.3, 0.4) is 0 Å². The molecule has 1 aliphatic heterocycles. The lowest BCUT2D eigenvalue weighted by molar-refractivity contribution is 0.415. The maximum atomic E-state index is 6.20. The molecule has 3 aromatic carbocycles. The van der Waals surface area contributed by atoms with Gasteiger partial charge in [-0.15, -0.1) is 0 Å². The first-order valence-electron chi connectivity index (χ1n) is 13.1. The Hall–Kier alpha value is -4.58. The lowest BCUT2D eigenvalue weighted by Crippen LogP contribution is -2.20. The number of nitrogens with zero attached hydrogens (tertiary/aromatic N) is 3. The lowest BCUT2D eigenvalue weighted by Gasteiger charge is -2.19. The second-order valence-electron chi connectivity index (χ2n) is 10.1. The van der Waals surface area contributed by atoms with Gasteiger partial charge in [-0.05, 0) is 76.2 Å². The minimum atomic E-state index is 0.620. The van der Waals surface area contributed by atoms with Gasteiger partial charge in [0.05, 0.1) is 7.11 Å². The van der Waals surface area contributed by atoms with E-state index in [4.69, 9.17) is 23.5 Å². The van der Waals surface area contributed by atoms with E-state index < -0.39 is 0 Å². The molecule has 0 bridgehead atoms. The van der Waals surface area contributed by atoms with E-state index >= 15 is 0 Å². The molecule has 1 aliphatic rings. The fourth-order valence-electron chi connectivity index (χ4n) is 5.03. The molecule has 0 fully saturated rings. The standard InChI is InChI=1S/C33H31N3O3/c1-20-6-10-24(11-7-20)32-34-30(22(3)38-32)28-18-36(26-14-16-27(37-5)17-15-26)19-29(28)31-23(4)39-33(35-31)25-12-8-21(2)9-13-25/h6-17H,18-19H2,1-5H3. The number of hydrogen-bond donors (Lipinski definition) is 0. The Morgan fingerprint density at radius 1 is 0.615 bits per heavy atom. The van der Waals surface area contributed by atoms with Gasteiger partial charge in [0.1, 0.15) is 28.7 Å². The molecule has 0 saturated carbocycles. The number of benzene rings is 3. The zero-order chi connectivity index (χ0) is 27.1. The summed E-state index contributed by atoms with van der Waals surface area (Å²) in [5.74, 6) is 3.64. The second-order valence-corrected chi connectivity index (χ2v) is 10.1. The average molecular weight is 518 g/mol. The summed E-state index contributed by atoms with van der Waals surface area (Å²) in [5.41, 5.74) is 9.32. The Morgan fingerprint density at radius 3 is 1.46 bits per heavy atom. The van der Waals surface area contributed by atoms with E-state index in [1.54, 1.807) is 7.11 Å². The summed E-state index contributed by atoms with van der Waals surface area (Å²) >= 11 is 0. The van der Waals surface area contributed by atoms with Crippen molar-refractivity contribution in [2.75, 3.05) is 25.1 Å². The van der Waals surface area contributed by atoms with Crippen LogP contribution in [-0.4, -0.2) is 30.2 Å². The molecule has 6 nitrogen and oxygen atoms in total. The molecule has 0 amide bonds. The highest BCUT2D eigenvalue weighted by Crippen LogP contribution is 2.40. The molecule has 3 heterocycles. The molecule has 5 aromatic rings. The molecule has 0 N–H and O–H groups in total. The summed E-state index contributed by atoms with van der Waals surface area (Å²) in [4.78, 5) is 12.3. The minimum Gasteiger partial charge on any atom is -0.497 e. The summed E-state index contributed by atoms with van der Waals surface area (Å²) in [6.07, 6.45) is 0. The second kappa shape index (κ2) is 9.95. The van der Waals surface area contributed by atoms with Crippen molar-refractivity contribution < 1.29 is 13.6 Å². The molecule has 0 atom stereocenters. The highest BCUT2D eigenvalue weighted by molar-refractivity contribution is 5.97. The van der Waals surface area contributed by atoms with Crippen molar-refractivity contribution in [1.29, 1.82) is 0 Å². The quantitative estimate of drug-likeness (QED) is 0.230. The fraction of sp³-hybridized carbons (Fsp3) is 0.212. The topological polar surface area (TPSA) is 64.5 Å². The molecule has 196 valence electrons. The van der Waals surface area contributed by atoms with Gasteiger partial charge in [0.15, 0.2) is 0 Å². The smallest absolute Gasteiger partial charge is 0.226 e. The number of rotatable bonds is 6. The Labute approximate surface area is 228 Å². The summed E-state index contributed by atoms with van der Waals surface area (Å²) in [7, 11) is 1.68. The van der Waals surface area contributed by atoms with Crippen LogP contribution >= 0.6 is 0 Å². The zero-order valence-electron chi connectivity index (χ0n) is 22.9. The minimum absolute atomic E-state index is 0.620. The number of aryl methyl sites for hydroxylation is 4. The molecule has 2 aromatic heterocycles. The van der Waals surface area contributed by atoms with E-state index in [-0.39, 0.29) is 0 Å². The fourth-order valence-corrected chi connectivity index (χ4v) is 5.03. The van der Waals surface area contributed by atoms with Crippen LogP contribution in [0, 0.1) is 27.7 Å². The SMILES string of the molecule is COc1ccc(N2CC(c3nc(-c4ccc(C)cc4)oc3C)=C(c3nc(-c4ccc(C)cc4)oc3C)C2)cc1. The van der Waals surface area contributed by atoms with E-state index in [9.17, 15) is 0 Å². The van der Waals surface area contributed by atoms with E-state index in [1.807, 2.05) is 50.2 Å². The van der Waals surface area contributed by atoms with Crippen molar-refractivity contribution in [1.82, 2.24) is 9.97 Å². The number of anilines is 1. The first-order chi connectivity index (χ1) is 18.9. The summed E-state index contributed by atoms with van der Waals surface area (Å²) in [6.45, 7) is 9.46. The Kier molecular flexibility index (Phi) is 6.31. The highest BCUT2D eigenvalue weighted by atomic mass is 16.5. The molecule has 6 rings (SSSR count). The van der Waals surface area contributed by atoms with E-state index in [2.05, 4.69) is 55.1 Å². The molecule has 0 radical (unpaired) electrons. The molecule has 0 unspecified atom stereocenters. The maximum Gasteiger partial charge on any atom is 0.226 e. The molecule has 0 aliphatic carbocycles. The van der Waals surface area contributed by atoms with Crippen molar-refractivity contribution in [3.05, 3.63) is 107 Å². The Bertz CT molecular complexity index is 1560. The largest absolute Gasteiger partial charge is 0.497 e. The molecule has 6 heteroatoms. The van der Waals surface area contributed by atoms with Gasteiger partial charge < -0.3 is 18.5 Å². The van der Waals surface area contributed by atoms with E-state index in [0.717, 1.165) is 56.6 Å². The van der Waals surface area contributed by atoms with Crippen molar-refractivity contribution in [2.24, 2.45) is 0 Å². The molecule has 39 heavy (non-hydrogen) atoms. The van der Waals surface area contributed by atoms with Crippen molar-refractivity contribution in [3.8, 4) is 28.7 Å². The first kappa shape index (κ1) is 24.7. The third-order valence-corrected chi connectivity index (χ3v) is 7.26. The normalized spacial score (nSPS) is 13.4. The zero-order valence-corrected chi connectivity index (χ0v) is 22.9. The number of hydrogen-bond acceptors (Lipinski definition) is 6. The van der Waals surface area contributed by atoms with Crippen LogP contribution in [0.5, 0.6) is 5.75 Å². The van der Waals surface area contributed by atoms with Crippen LogP contribution in [0.25, 0.3) is 34.1 Å². The first-order valence-corrected chi connectivity index (χ1v) is 13.1. The van der Waals surface area contributed by atoms with Crippen molar-refractivity contribution in [2.45, 2.75) is 27.7 Å². The van der Waals surface area contributed by atoms with Crippen molar-refractivity contribution >= 4 is 16.8 Å². The predicted molar refractivity (Wildman–Crippen MR) is 155 cm³/mol. The Morgan fingerprint density at radius 2 is 1.05 bits per heavy atom. The average Bonchev–Trinajstić information content (AvgIpc) is 3.66. The third-order valence-electron chi connectivity index (χ3n) is 7.26. The van der Waals surface area contributed by atoms with Crippen LogP contribution < -0.4 is 9.64 Å². The van der Waals surface area contributed by atoms with Gasteiger partial charge >= 0.3 is 0 Å². The van der Waals surface area contributed by atoms with Crippen LogP contribution in [-0.2, 0) is 0 Å². The molecular formula is C33H31N3O3. The number of ether oxygens (including phenoxy) is 1. The molecule has 0 spiro atoms. The lowest BCUT2D eigenvalue weighted by atomic mass is 10.0. The van der Waals surface area contributed by atoms with Gasteiger partial charge in [-0.25, -0.2) is 9.97 Å². The van der Waals surface area contributed by atoms with Gasteiger partial charge in [0.2, 0.25) is 11.8 Å². The van der Waals surface area contributed by atoms with Crippen molar-refractivity contribution in [3.63, 3.8) is 0 Å². The van der Waals surface area contributed by atoms with Gasteiger partial charge in [0.25, 0.3) is 0 Å². The summed E-state index contributed by atoms with van der Waals surface area (Å²) < 4.78 is 17.8. The monoisotopic (exact) mass is 517 g/mol. The number of aromatic nitrogens is 2. The van der Waals surface area contributed by atoms with E-state index in [1.165, 1.54) is 11.1 Å². The van der Waals surface area contributed by atoms with Crippen LogP contribution in [0.15, 0.2) is 81.6 Å². The number of oxazole rings is 2. The van der Waals surface area contributed by atoms with Crippen LogP contribution in [0.4, 0.5) is 5.69 Å². The Balaban J connectivity index is 1.44. The predicted octanol–water partition coefficient (Wildman–Crippen LogP) is 7.67. The summed E-state index contributed by atoms with van der Waals surface area (Å²) in [6, 6.07) is 24.6. The van der Waals surface area contributed by atoms with E-state index in [0.29, 0.717) is 24.9 Å². The van der Waals surface area contributed by atoms with Gasteiger partial charge in [-0.3, -0.25) is 0 Å². The molecular weight excluding hydrogens is 486 g/mol. The number of methoxy groups -OCH3 is 1. The van der Waals surface area contributed by atoms with Gasteiger partial charge in [0, 0.05) is 41.1 Å².